The number of halogens is 1. The van der Waals surface area contributed by atoms with Crippen LogP contribution in [0.1, 0.15) is 25.3 Å². The van der Waals surface area contributed by atoms with Crippen molar-refractivity contribution in [1.29, 1.82) is 0 Å². The van der Waals surface area contributed by atoms with E-state index in [1.807, 2.05) is 0 Å². The Morgan fingerprint density at radius 3 is 2.12 bits per heavy atom. The topological polar surface area (TPSA) is 57.5 Å². The maximum absolute atomic E-state index is 11.2. The van der Waals surface area contributed by atoms with Crippen LogP contribution < -0.4 is 0 Å². The second-order valence-electron chi connectivity index (χ2n) is 3.97. The quantitative estimate of drug-likeness (QED) is 0.895. The second-order valence-corrected chi connectivity index (χ2v) is 4.88. The number of rotatable bonds is 4. The molecule has 0 saturated carbocycles. The van der Waals surface area contributed by atoms with Crippen molar-refractivity contribution in [3.8, 4) is 0 Å². The average Bonchev–Trinajstić information content (AvgIpc) is 2.20. The predicted molar refractivity (Wildman–Crippen MR) is 65.4 cm³/mol. The molecule has 1 aromatic carbocycles. The van der Waals surface area contributed by atoms with Gasteiger partial charge in [0.15, 0.2) is 0 Å². The fraction of sp³-hybridized carbons (Fsp3) is 0.417. The molecule has 0 saturated heterocycles. The molecule has 1 rings (SSSR count). The summed E-state index contributed by atoms with van der Waals surface area (Å²) in [6.45, 7) is 3.35. The van der Waals surface area contributed by atoms with E-state index in [0.717, 1.165) is 4.47 Å². The van der Waals surface area contributed by atoms with Crippen LogP contribution in [0.25, 0.3) is 0 Å². The Morgan fingerprint density at radius 2 is 1.75 bits per heavy atom. The Bertz CT molecular complexity index is 359. The maximum Gasteiger partial charge on any atom is 0.311 e. The molecule has 0 aliphatic carbocycles. The summed E-state index contributed by atoms with van der Waals surface area (Å²) in [6, 6.07) is 7.14. The standard InChI is InChI=1S/C12H15BrO3/c1-7(8(2)14)11(12(15)16)9-3-5-10(13)6-4-9/h3-8,11,14H,1-2H3,(H,15,16). The largest absolute Gasteiger partial charge is 0.481 e. The normalized spacial score (nSPS) is 16.5. The Balaban J connectivity index is 3.03. The number of carbonyl (C=O) groups is 1. The minimum absolute atomic E-state index is 0.321. The van der Waals surface area contributed by atoms with Crippen LogP contribution in [0.3, 0.4) is 0 Å². The molecule has 0 amide bonds. The Kier molecular flexibility index (Phi) is 4.50. The van der Waals surface area contributed by atoms with E-state index in [4.69, 9.17) is 0 Å². The van der Waals surface area contributed by atoms with E-state index in [-0.39, 0.29) is 5.92 Å². The highest BCUT2D eigenvalue weighted by atomic mass is 79.9. The van der Waals surface area contributed by atoms with Gasteiger partial charge in [-0.25, -0.2) is 0 Å². The van der Waals surface area contributed by atoms with Crippen molar-refractivity contribution in [3.63, 3.8) is 0 Å². The highest BCUT2D eigenvalue weighted by molar-refractivity contribution is 9.10. The molecule has 88 valence electrons. The number of aliphatic hydroxyl groups is 1. The van der Waals surface area contributed by atoms with Crippen LogP contribution in [0.15, 0.2) is 28.7 Å². The lowest BCUT2D eigenvalue weighted by atomic mass is 9.84. The van der Waals surface area contributed by atoms with Crippen LogP contribution in [0.5, 0.6) is 0 Å². The lowest BCUT2D eigenvalue weighted by Gasteiger charge is -2.22. The molecule has 0 fully saturated rings. The van der Waals surface area contributed by atoms with Crippen molar-refractivity contribution in [2.75, 3.05) is 0 Å². The smallest absolute Gasteiger partial charge is 0.311 e. The summed E-state index contributed by atoms with van der Waals surface area (Å²) in [5, 5.41) is 18.7. The van der Waals surface area contributed by atoms with Crippen molar-refractivity contribution in [2.45, 2.75) is 25.9 Å². The molecule has 0 aliphatic rings. The SMILES string of the molecule is CC(O)C(C)C(C(=O)O)c1ccc(Br)cc1. The summed E-state index contributed by atoms with van der Waals surface area (Å²) in [5.74, 6) is -1.90. The van der Waals surface area contributed by atoms with Gasteiger partial charge in [-0.1, -0.05) is 35.0 Å². The number of hydrogen-bond donors (Lipinski definition) is 2. The molecule has 4 heteroatoms. The third-order valence-electron chi connectivity index (χ3n) is 2.78. The third kappa shape index (κ3) is 3.06. The number of benzene rings is 1. The van der Waals surface area contributed by atoms with E-state index in [1.54, 1.807) is 38.1 Å². The lowest BCUT2D eigenvalue weighted by molar-refractivity contribution is -0.141. The first-order chi connectivity index (χ1) is 7.43. The minimum Gasteiger partial charge on any atom is -0.481 e. The zero-order valence-corrected chi connectivity index (χ0v) is 10.8. The van der Waals surface area contributed by atoms with Gasteiger partial charge in [0.2, 0.25) is 0 Å². The molecule has 1 aromatic rings. The molecule has 0 aromatic heterocycles. The van der Waals surface area contributed by atoms with Crippen molar-refractivity contribution >= 4 is 21.9 Å². The lowest BCUT2D eigenvalue weighted by Crippen LogP contribution is -2.27. The van der Waals surface area contributed by atoms with Crippen LogP contribution in [-0.2, 0) is 4.79 Å². The predicted octanol–water partition coefficient (Wildman–Crippen LogP) is 2.63. The molecule has 2 N–H and O–H groups in total. The van der Waals surface area contributed by atoms with Gasteiger partial charge in [-0.3, -0.25) is 4.79 Å². The highest BCUT2D eigenvalue weighted by Crippen LogP contribution is 2.28. The van der Waals surface area contributed by atoms with Gasteiger partial charge in [0.25, 0.3) is 0 Å². The summed E-state index contributed by atoms with van der Waals surface area (Å²) < 4.78 is 0.907. The van der Waals surface area contributed by atoms with Gasteiger partial charge in [-0.2, -0.15) is 0 Å². The van der Waals surface area contributed by atoms with Crippen molar-refractivity contribution in [3.05, 3.63) is 34.3 Å². The van der Waals surface area contributed by atoms with Crippen LogP contribution in [0, 0.1) is 5.92 Å². The molecule has 3 nitrogen and oxygen atoms in total. The fourth-order valence-electron chi connectivity index (χ4n) is 1.62. The van der Waals surface area contributed by atoms with E-state index in [0.29, 0.717) is 5.56 Å². The summed E-state index contributed by atoms with van der Waals surface area (Å²) in [4.78, 5) is 11.2. The fourth-order valence-corrected chi connectivity index (χ4v) is 1.88. The average molecular weight is 287 g/mol. The number of aliphatic carboxylic acids is 1. The van der Waals surface area contributed by atoms with Gasteiger partial charge < -0.3 is 10.2 Å². The molecule has 3 unspecified atom stereocenters. The molecular formula is C12H15BrO3. The number of hydrogen-bond acceptors (Lipinski definition) is 2. The maximum atomic E-state index is 11.2. The third-order valence-corrected chi connectivity index (χ3v) is 3.31. The molecule has 0 heterocycles. The zero-order valence-electron chi connectivity index (χ0n) is 9.22. The van der Waals surface area contributed by atoms with Gasteiger partial charge in [-0.15, -0.1) is 0 Å². The van der Waals surface area contributed by atoms with Crippen molar-refractivity contribution < 1.29 is 15.0 Å². The van der Waals surface area contributed by atoms with E-state index in [2.05, 4.69) is 15.9 Å². The van der Waals surface area contributed by atoms with Gasteiger partial charge in [0, 0.05) is 4.47 Å². The van der Waals surface area contributed by atoms with E-state index in [9.17, 15) is 15.0 Å². The van der Waals surface area contributed by atoms with Gasteiger partial charge in [0.05, 0.1) is 12.0 Å². The van der Waals surface area contributed by atoms with Gasteiger partial charge >= 0.3 is 5.97 Å². The monoisotopic (exact) mass is 286 g/mol. The van der Waals surface area contributed by atoms with Gasteiger partial charge in [-0.05, 0) is 30.5 Å². The number of carboxylic acid groups (broad SMARTS) is 1. The second kappa shape index (κ2) is 5.46. The molecule has 16 heavy (non-hydrogen) atoms. The van der Waals surface area contributed by atoms with E-state index in [1.165, 1.54) is 0 Å². The van der Waals surface area contributed by atoms with Crippen molar-refractivity contribution in [2.24, 2.45) is 5.92 Å². The first-order valence-electron chi connectivity index (χ1n) is 5.09. The van der Waals surface area contributed by atoms with Crippen LogP contribution in [-0.4, -0.2) is 22.3 Å². The first-order valence-corrected chi connectivity index (χ1v) is 5.89. The Hall–Kier alpha value is -0.870. The molecule has 3 atom stereocenters. The molecule has 0 spiro atoms. The summed E-state index contributed by atoms with van der Waals surface area (Å²) >= 11 is 3.30. The van der Waals surface area contributed by atoms with Crippen LogP contribution in [0.4, 0.5) is 0 Å². The molecule has 0 aliphatic heterocycles. The van der Waals surface area contributed by atoms with Gasteiger partial charge in [0.1, 0.15) is 0 Å². The molecular weight excluding hydrogens is 272 g/mol. The first kappa shape index (κ1) is 13.2. The van der Waals surface area contributed by atoms with E-state index >= 15 is 0 Å². The summed E-state index contributed by atoms with van der Waals surface area (Å²) in [6.07, 6.45) is -0.648. The highest BCUT2D eigenvalue weighted by Gasteiger charge is 2.29. The number of carboxylic acids is 1. The molecule has 0 radical (unpaired) electrons. The molecule has 0 bridgehead atoms. The Morgan fingerprint density at radius 1 is 1.25 bits per heavy atom. The minimum atomic E-state index is -0.907. The summed E-state index contributed by atoms with van der Waals surface area (Å²) in [5.41, 5.74) is 0.712. The van der Waals surface area contributed by atoms with Crippen molar-refractivity contribution in [1.82, 2.24) is 0 Å². The summed E-state index contributed by atoms with van der Waals surface area (Å²) in [7, 11) is 0. The van der Waals surface area contributed by atoms with Crippen LogP contribution >= 0.6 is 15.9 Å². The zero-order chi connectivity index (χ0) is 12.3. The van der Waals surface area contributed by atoms with Crippen LogP contribution in [0.2, 0.25) is 0 Å². The Labute approximate surface area is 103 Å². The van der Waals surface area contributed by atoms with E-state index < -0.39 is 18.0 Å². The number of aliphatic hydroxyl groups excluding tert-OH is 1.